The van der Waals surface area contributed by atoms with E-state index < -0.39 is 10.9 Å². The molecule has 0 aromatic heterocycles. The normalized spacial score (nSPS) is 11.0. The first kappa shape index (κ1) is 17.1. The van der Waals surface area contributed by atoms with Gasteiger partial charge in [0.1, 0.15) is 11.5 Å². The fraction of sp³-hybridized carbons (Fsp3) is 0. The molecule has 0 aliphatic heterocycles. The van der Waals surface area contributed by atoms with Crippen molar-refractivity contribution in [2.45, 2.75) is 0 Å². The number of benzene rings is 2. The van der Waals surface area contributed by atoms with E-state index in [9.17, 15) is 14.9 Å². The minimum Gasteiger partial charge on any atom is -0.508 e. The van der Waals surface area contributed by atoms with Gasteiger partial charge in [-0.15, -0.1) is 0 Å². The van der Waals surface area contributed by atoms with Crippen molar-refractivity contribution in [2.75, 3.05) is 0 Å². The van der Waals surface area contributed by atoms with Gasteiger partial charge in [-0.1, -0.05) is 11.6 Å². The second-order valence-electron chi connectivity index (χ2n) is 4.34. The quantitative estimate of drug-likeness (QED) is 0.218. The van der Waals surface area contributed by atoms with Gasteiger partial charge >= 0.3 is 5.97 Å². The molecular weight excluding hydrogens is 338 g/mol. The van der Waals surface area contributed by atoms with Crippen LogP contribution in [-0.4, -0.2) is 16.0 Å². The Hall–Kier alpha value is -3.26. The number of phenols is 1. The maximum Gasteiger partial charge on any atom is 0.337 e. The predicted molar refractivity (Wildman–Crippen MR) is 85.5 cm³/mol. The second-order valence-corrected chi connectivity index (χ2v) is 4.75. The van der Waals surface area contributed by atoms with Crippen LogP contribution in [0, 0.1) is 10.1 Å². The molecule has 0 bridgehead atoms. The number of azo groups is 1. The fourth-order valence-corrected chi connectivity index (χ4v) is 1.76. The number of halogens is 1. The van der Waals surface area contributed by atoms with Gasteiger partial charge in [0.2, 0.25) is 0 Å². The van der Waals surface area contributed by atoms with Crippen LogP contribution in [0.2, 0.25) is 5.02 Å². The Morgan fingerprint density at radius 2 is 1.96 bits per heavy atom. The standard InChI is InChI=1S/C15H10ClN3O5/c16-13-9-11(19(22)23)3-6-14(13)24-15(21)7-8-17-18-10-1-4-12(20)5-2-10/h1-9,20H/b8-7+,18-17?. The van der Waals surface area contributed by atoms with Crippen molar-refractivity contribution in [1.29, 1.82) is 0 Å². The van der Waals surface area contributed by atoms with Gasteiger partial charge in [-0.3, -0.25) is 10.1 Å². The van der Waals surface area contributed by atoms with Crippen LogP contribution in [0.25, 0.3) is 0 Å². The van der Waals surface area contributed by atoms with Crippen molar-refractivity contribution in [2.24, 2.45) is 10.2 Å². The van der Waals surface area contributed by atoms with Gasteiger partial charge < -0.3 is 9.84 Å². The Labute approximate surface area is 140 Å². The van der Waals surface area contributed by atoms with Crippen molar-refractivity contribution in [3.8, 4) is 11.5 Å². The second kappa shape index (κ2) is 7.84. The maximum atomic E-state index is 11.6. The van der Waals surface area contributed by atoms with Crippen LogP contribution in [0.4, 0.5) is 11.4 Å². The van der Waals surface area contributed by atoms with Crippen LogP contribution in [0.1, 0.15) is 0 Å². The third-order valence-electron chi connectivity index (χ3n) is 2.64. The van der Waals surface area contributed by atoms with Crippen molar-refractivity contribution in [3.05, 3.63) is 69.9 Å². The Bertz CT molecular complexity index is 818. The summed E-state index contributed by atoms with van der Waals surface area (Å²) in [6.45, 7) is 0. The zero-order valence-corrected chi connectivity index (χ0v) is 12.8. The lowest BCUT2D eigenvalue weighted by Gasteiger charge is -2.02. The van der Waals surface area contributed by atoms with E-state index in [2.05, 4.69) is 10.2 Å². The SMILES string of the molecule is O=C(/C=C/N=Nc1ccc(O)cc1)Oc1ccc([N+](=O)[O-])cc1Cl. The van der Waals surface area contributed by atoms with E-state index in [1.807, 2.05) is 0 Å². The molecule has 0 atom stereocenters. The predicted octanol–water partition coefficient (Wildman–Crippen LogP) is 4.16. The lowest BCUT2D eigenvalue weighted by atomic mass is 10.3. The molecule has 0 aliphatic carbocycles. The lowest BCUT2D eigenvalue weighted by Crippen LogP contribution is -2.04. The molecule has 0 spiro atoms. The zero-order chi connectivity index (χ0) is 17.5. The van der Waals surface area contributed by atoms with E-state index in [4.69, 9.17) is 21.4 Å². The molecule has 0 heterocycles. The van der Waals surface area contributed by atoms with Crippen LogP contribution >= 0.6 is 11.6 Å². The van der Waals surface area contributed by atoms with Gasteiger partial charge in [-0.25, -0.2) is 4.79 Å². The number of carbonyl (C=O) groups is 1. The van der Waals surface area contributed by atoms with E-state index in [-0.39, 0.29) is 22.2 Å². The van der Waals surface area contributed by atoms with E-state index in [0.29, 0.717) is 5.69 Å². The number of esters is 1. The summed E-state index contributed by atoms with van der Waals surface area (Å²) in [5.74, 6) is -0.671. The van der Waals surface area contributed by atoms with Crippen LogP contribution < -0.4 is 4.74 Å². The molecule has 0 unspecified atom stereocenters. The van der Waals surface area contributed by atoms with Gasteiger partial charge in [-0.05, 0) is 30.3 Å². The molecule has 0 amide bonds. The minimum absolute atomic E-state index is 0.00705. The average molecular weight is 348 g/mol. The summed E-state index contributed by atoms with van der Waals surface area (Å²) in [5, 5.41) is 27.1. The van der Waals surface area contributed by atoms with Crippen LogP contribution in [0.15, 0.2) is 65.0 Å². The summed E-state index contributed by atoms with van der Waals surface area (Å²) in [4.78, 5) is 21.6. The fourth-order valence-electron chi connectivity index (χ4n) is 1.54. The number of non-ortho nitro benzene ring substituents is 1. The van der Waals surface area contributed by atoms with E-state index >= 15 is 0 Å². The highest BCUT2D eigenvalue weighted by Gasteiger charge is 2.11. The Kier molecular flexibility index (Phi) is 5.58. The molecule has 2 aromatic carbocycles. The van der Waals surface area contributed by atoms with Gasteiger partial charge in [0, 0.05) is 18.2 Å². The molecule has 0 aliphatic rings. The number of hydrogen-bond donors (Lipinski definition) is 1. The number of nitrogens with zero attached hydrogens (tertiary/aromatic N) is 3. The lowest BCUT2D eigenvalue weighted by molar-refractivity contribution is -0.384. The number of aromatic hydroxyl groups is 1. The van der Waals surface area contributed by atoms with Crippen molar-refractivity contribution >= 4 is 28.9 Å². The first-order chi connectivity index (χ1) is 11.5. The van der Waals surface area contributed by atoms with Gasteiger partial charge in [0.25, 0.3) is 5.69 Å². The molecule has 8 nitrogen and oxygen atoms in total. The Morgan fingerprint density at radius 3 is 2.58 bits per heavy atom. The topological polar surface area (TPSA) is 114 Å². The highest BCUT2D eigenvalue weighted by Crippen LogP contribution is 2.28. The molecule has 1 N–H and O–H groups in total. The minimum atomic E-state index is -0.768. The smallest absolute Gasteiger partial charge is 0.337 e. The molecule has 0 radical (unpaired) electrons. The van der Waals surface area contributed by atoms with Crippen LogP contribution in [0.3, 0.4) is 0 Å². The monoisotopic (exact) mass is 347 g/mol. The molecule has 24 heavy (non-hydrogen) atoms. The Balaban J connectivity index is 1.95. The molecule has 2 aromatic rings. The number of nitro benzene ring substituents is 1. The number of ether oxygens (including phenoxy) is 1. The Morgan fingerprint density at radius 1 is 1.25 bits per heavy atom. The highest BCUT2D eigenvalue weighted by atomic mass is 35.5. The number of phenolic OH excluding ortho intramolecular Hbond substituents is 1. The summed E-state index contributed by atoms with van der Waals surface area (Å²) in [6.07, 6.45) is 2.14. The maximum absolute atomic E-state index is 11.6. The van der Waals surface area contributed by atoms with Crippen LogP contribution in [0.5, 0.6) is 11.5 Å². The van der Waals surface area contributed by atoms with E-state index in [1.165, 1.54) is 24.3 Å². The van der Waals surface area contributed by atoms with Crippen molar-refractivity contribution in [3.63, 3.8) is 0 Å². The first-order valence-electron chi connectivity index (χ1n) is 6.48. The average Bonchev–Trinajstić information content (AvgIpc) is 2.55. The highest BCUT2D eigenvalue weighted by molar-refractivity contribution is 6.32. The molecule has 2 rings (SSSR count). The summed E-state index contributed by atoms with van der Waals surface area (Å²) >= 11 is 5.80. The van der Waals surface area contributed by atoms with Gasteiger partial charge in [0.05, 0.1) is 21.8 Å². The van der Waals surface area contributed by atoms with Crippen LogP contribution in [-0.2, 0) is 4.79 Å². The van der Waals surface area contributed by atoms with E-state index in [1.54, 1.807) is 12.1 Å². The summed E-state index contributed by atoms with van der Waals surface area (Å²) in [5.41, 5.74) is 0.280. The summed E-state index contributed by atoms with van der Waals surface area (Å²) < 4.78 is 4.93. The van der Waals surface area contributed by atoms with Crippen molar-refractivity contribution < 1.29 is 19.6 Å². The molecular formula is C15H10ClN3O5. The third kappa shape index (κ3) is 4.89. The summed E-state index contributed by atoms with van der Waals surface area (Å²) in [7, 11) is 0. The number of carbonyl (C=O) groups excluding carboxylic acids is 1. The van der Waals surface area contributed by atoms with Gasteiger partial charge in [0.15, 0.2) is 0 Å². The zero-order valence-electron chi connectivity index (χ0n) is 12.0. The molecule has 122 valence electrons. The molecule has 9 heteroatoms. The van der Waals surface area contributed by atoms with E-state index in [0.717, 1.165) is 18.3 Å². The number of nitro groups is 1. The first-order valence-corrected chi connectivity index (χ1v) is 6.85. The summed E-state index contributed by atoms with van der Waals surface area (Å²) in [6, 6.07) is 9.46. The van der Waals surface area contributed by atoms with Gasteiger partial charge in [-0.2, -0.15) is 10.2 Å². The van der Waals surface area contributed by atoms with Crippen molar-refractivity contribution in [1.82, 2.24) is 0 Å². The largest absolute Gasteiger partial charge is 0.508 e. The number of rotatable bonds is 5. The number of hydrogen-bond acceptors (Lipinski definition) is 7. The molecule has 0 fully saturated rings. The molecule has 0 saturated carbocycles. The molecule has 0 saturated heterocycles. The third-order valence-corrected chi connectivity index (χ3v) is 2.93.